The molecule has 2 rings (SSSR count). The molecule has 0 atom stereocenters. The predicted octanol–water partition coefficient (Wildman–Crippen LogP) is 4.61. The van der Waals surface area contributed by atoms with E-state index in [1.54, 1.807) is 36.4 Å². The lowest BCUT2D eigenvalue weighted by Gasteiger charge is -2.08. The second-order valence-corrected chi connectivity index (χ2v) is 6.32. The quantitative estimate of drug-likeness (QED) is 0.581. The fraction of sp³-hybridized carbons (Fsp3) is 0.111. The van der Waals surface area contributed by atoms with Crippen LogP contribution in [0.15, 0.2) is 53.0 Å². The predicted molar refractivity (Wildman–Crippen MR) is 99.0 cm³/mol. The lowest BCUT2D eigenvalue weighted by atomic mass is 10.2. The SMILES string of the molecule is Cc1ccc(NC(=O)COC(=O)C=Cc2cccc(Cl)c2)c(Br)c1. The molecule has 0 radical (unpaired) electrons. The van der Waals surface area contributed by atoms with E-state index < -0.39 is 11.9 Å². The third kappa shape index (κ3) is 5.83. The van der Waals surface area contributed by atoms with Crippen molar-refractivity contribution >= 4 is 51.2 Å². The van der Waals surface area contributed by atoms with E-state index >= 15 is 0 Å². The van der Waals surface area contributed by atoms with Crippen LogP contribution in [0.5, 0.6) is 0 Å². The molecule has 2 aromatic rings. The number of esters is 1. The minimum atomic E-state index is -0.604. The molecular weight excluding hydrogens is 394 g/mol. The van der Waals surface area contributed by atoms with Crippen molar-refractivity contribution in [1.82, 2.24) is 0 Å². The molecule has 0 heterocycles. The van der Waals surface area contributed by atoms with Crippen LogP contribution in [0, 0.1) is 6.92 Å². The highest BCUT2D eigenvalue weighted by atomic mass is 79.9. The Morgan fingerprint density at radius 3 is 2.75 bits per heavy atom. The molecule has 1 amide bonds. The van der Waals surface area contributed by atoms with Crippen molar-refractivity contribution in [3.05, 3.63) is 69.2 Å². The number of carbonyl (C=O) groups is 2. The molecule has 0 aliphatic rings. The minimum Gasteiger partial charge on any atom is -0.452 e. The molecule has 6 heteroatoms. The highest BCUT2D eigenvalue weighted by Crippen LogP contribution is 2.23. The molecule has 0 bridgehead atoms. The van der Waals surface area contributed by atoms with Crippen molar-refractivity contribution < 1.29 is 14.3 Å². The monoisotopic (exact) mass is 407 g/mol. The molecular formula is C18H15BrClNO3. The Labute approximate surface area is 153 Å². The molecule has 0 spiro atoms. The molecule has 0 aromatic heterocycles. The van der Waals surface area contributed by atoms with E-state index in [0.29, 0.717) is 10.7 Å². The molecule has 4 nitrogen and oxygen atoms in total. The van der Waals surface area contributed by atoms with Crippen LogP contribution in [0.4, 0.5) is 5.69 Å². The number of amides is 1. The number of carbonyl (C=O) groups excluding carboxylic acids is 2. The maximum Gasteiger partial charge on any atom is 0.331 e. The topological polar surface area (TPSA) is 55.4 Å². The van der Waals surface area contributed by atoms with E-state index in [-0.39, 0.29) is 6.61 Å². The lowest BCUT2D eigenvalue weighted by molar-refractivity contribution is -0.142. The summed E-state index contributed by atoms with van der Waals surface area (Å²) in [7, 11) is 0. The van der Waals surface area contributed by atoms with Crippen LogP contribution in [0.25, 0.3) is 6.08 Å². The Balaban J connectivity index is 1.83. The number of aryl methyl sites for hydroxylation is 1. The third-order valence-electron chi connectivity index (χ3n) is 3.00. The summed E-state index contributed by atoms with van der Waals surface area (Å²) in [5, 5.41) is 3.25. The summed E-state index contributed by atoms with van der Waals surface area (Å²) in [6, 6.07) is 12.6. The summed E-state index contributed by atoms with van der Waals surface area (Å²) in [5.41, 5.74) is 2.46. The molecule has 124 valence electrons. The first-order chi connectivity index (χ1) is 11.4. The zero-order valence-corrected chi connectivity index (χ0v) is 15.2. The Hall–Kier alpha value is -2.11. The largest absolute Gasteiger partial charge is 0.452 e. The Morgan fingerprint density at radius 2 is 2.04 bits per heavy atom. The van der Waals surface area contributed by atoms with Gasteiger partial charge in [0.2, 0.25) is 0 Å². The second kappa shape index (κ2) is 8.66. The minimum absolute atomic E-state index is 0.362. The van der Waals surface area contributed by atoms with Crippen LogP contribution in [0.1, 0.15) is 11.1 Å². The number of halogens is 2. The molecule has 24 heavy (non-hydrogen) atoms. The number of benzene rings is 2. The normalized spacial score (nSPS) is 10.6. The van der Waals surface area contributed by atoms with Gasteiger partial charge >= 0.3 is 5.97 Å². The van der Waals surface area contributed by atoms with Crippen LogP contribution < -0.4 is 5.32 Å². The van der Waals surface area contributed by atoms with E-state index in [4.69, 9.17) is 16.3 Å². The molecule has 0 fully saturated rings. The number of anilines is 1. The molecule has 1 N–H and O–H groups in total. The van der Waals surface area contributed by atoms with Crippen molar-refractivity contribution in [3.63, 3.8) is 0 Å². The van der Waals surface area contributed by atoms with Crippen molar-refractivity contribution in [1.29, 1.82) is 0 Å². The van der Waals surface area contributed by atoms with Gasteiger partial charge in [-0.1, -0.05) is 29.8 Å². The van der Waals surface area contributed by atoms with E-state index in [9.17, 15) is 9.59 Å². The number of nitrogens with one attached hydrogen (secondary N) is 1. The summed E-state index contributed by atoms with van der Waals surface area (Å²) in [4.78, 5) is 23.5. The zero-order chi connectivity index (χ0) is 17.5. The second-order valence-electron chi connectivity index (χ2n) is 5.03. The fourth-order valence-electron chi connectivity index (χ4n) is 1.87. The summed E-state index contributed by atoms with van der Waals surface area (Å²) in [6.07, 6.45) is 2.82. The van der Waals surface area contributed by atoms with Gasteiger partial charge in [-0.3, -0.25) is 4.79 Å². The molecule has 0 saturated carbocycles. The zero-order valence-electron chi connectivity index (χ0n) is 12.9. The summed E-state index contributed by atoms with van der Waals surface area (Å²) in [6.45, 7) is 1.59. The van der Waals surface area contributed by atoms with Crippen LogP contribution in [0.2, 0.25) is 5.02 Å². The average Bonchev–Trinajstić information content (AvgIpc) is 2.54. The van der Waals surface area contributed by atoms with Crippen molar-refractivity contribution in [2.45, 2.75) is 6.92 Å². The van der Waals surface area contributed by atoms with Gasteiger partial charge in [-0.2, -0.15) is 0 Å². The van der Waals surface area contributed by atoms with E-state index in [1.807, 2.05) is 19.1 Å². The van der Waals surface area contributed by atoms with Crippen molar-refractivity contribution in [3.8, 4) is 0 Å². The van der Waals surface area contributed by atoms with E-state index in [1.165, 1.54) is 6.08 Å². The standard InChI is InChI=1S/C18H15BrClNO3/c1-12-5-7-16(15(19)9-12)21-17(22)11-24-18(23)8-6-13-3-2-4-14(20)10-13/h2-10H,11H2,1H3,(H,21,22). The van der Waals surface area contributed by atoms with Gasteiger partial charge in [0, 0.05) is 15.6 Å². The lowest BCUT2D eigenvalue weighted by Crippen LogP contribution is -2.20. The van der Waals surface area contributed by atoms with Crippen LogP contribution in [-0.4, -0.2) is 18.5 Å². The molecule has 0 unspecified atom stereocenters. The highest BCUT2D eigenvalue weighted by molar-refractivity contribution is 9.10. The van der Waals surface area contributed by atoms with Gasteiger partial charge in [0.25, 0.3) is 5.91 Å². The molecule has 0 saturated heterocycles. The van der Waals surface area contributed by atoms with Crippen LogP contribution in [-0.2, 0) is 14.3 Å². The van der Waals surface area contributed by atoms with Crippen LogP contribution in [0.3, 0.4) is 0 Å². The van der Waals surface area contributed by atoms with Gasteiger partial charge < -0.3 is 10.1 Å². The highest BCUT2D eigenvalue weighted by Gasteiger charge is 2.08. The maximum absolute atomic E-state index is 11.8. The Kier molecular flexibility index (Phi) is 6.58. The molecule has 0 aliphatic carbocycles. The summed E-state index contributed by atoms with van der Waals surface area (Å²) >= 11 is 9.22. The van der Waals surface area contributed by atoms with Gasteiger partial charge in [-0.05, 0) is 64.3 Å². The van der Waals surface area contributed by atoms with E-state index in [2.05, 4.69) is 21.2 Å². The van der Waals surface area contributed by atoms with Crippen molar-refractivity contribution in [2.24, 2.45) is 0 Å². The number of rotatable bonds is 5. The van der Waals surface area contributed by atoms with Gasteiger partial charge in [0.1, 0.15) is 0 Å². The van der Waals surface area contributed by atoms with Crippen molar-refractivity contribution in [2.75, 3.05) is 11.9 Å². The average molecular weight is 409 g/mol. The molecule has 2 aromatic carbocycles. The van der Waals surface area contributed by atoms with E-state index in [0.717, 1.165) is 15.6 Å². The molecule has 0 aliphatic heterocycles. The summed E-state index contributed by atoms with van der Waals surface area (Å²) < 4.78 is 5.67. The van der Waals surface area contributed by atoms with Crippen LogP contribution >= 0.6 is 27.5 Å². The van der Waals surface area contributed by atoms with Gasteiger partial charge in [-0.25, -0.2) is 4.79 Å². The first-order valence-corrected chi connectivity index (χ1v) is 8.27. The number of ether oxygens (including phenoxy) is 1. The third-order valence-corrected chi connectivity index (χ3v) is 3.90. The van der Waals surface area contributed by atoms with Gasteiger partial charge in [-0.15, -0.1) is 0 Å². The first-order valence-electron chi connectivity index (χ1n) is 7.10. The number of hydrogen-bond donors (Lipinski definition) is 1. The maximum atomic E-state index is 11.8. The smallest absolute Gasteiger partial charge is 0.331 e. The van der Waals surface area contributed by atoms with Gasteiger partial charge in [0.05, 0.1) is 5.69 Å². The summed E-state index contributed by atoms with van der Waals surface area (Å²) in [5.74, 6) is -1.02. The Bertz CT molecular complexity index is 790. The first kappa shape index (κ1) is 18.2. The Morgan fingerprint density at radius 1 is 1.25 bits per heavy atom. The van der Waals surface area contributed by atoms with Gasteiger partial charge in [0.15, 0.2) is 6.61 Å². The fourth-order valence-corrected chi connectivity index (χ4v) is 2.66. The number of hydrogen-bond acceptors (Lipinski definition) is 3.